The van der Waals surface area contributed by atoms with E-state index in [1.54, 1.807) is 7.11 Å². The number of nitrogens with one attached hydrogen (secondary N) is 1. The van der Waals surface area contributed by atoms with Crippen LogP contribution in [0.2, 0.25) is 0 Å². The number of hydrogen-bond donors (Lipinski definition) is 1. The van der Waals surface area contributed by atoms with E-state index in [-0.39, 0.29) is 12.1 Å². The smallest absolute Gasteiger partial charge is 0.318 e. The summed E-state index contributed by atoms with van der Waals surface area (Å²) in [6.45, 7) is 0.747. The summed E-state index contributed by atoms with van der Waals surface area (Å²) in [7, 11) is 1.67. The van der Waals surface area contributed by atoms with Gasteiger partial charge in [-0.25, -0.2) is 9.78 Å². The molecule has 3 aromatic rings. The first-order valence-corrected chi connectivity index (χ1v) is 11.3. The SMILES string of the molecule is COc1cccc(-c2ccc3oc(C4CCCN4C(=O)NC4CCCCC4)nc3c2)c1. The Kier molecular flexibility index (Phi) is 5.53. The summed E-state index contributed by atoms with van der Waals surface area (Å²) in [5.41, 5.74) is 3.70. The molecule has 1 aromatic heterocycles. The van der Waals surface area contributed by atoms with Gasteiger partial charge in [-0.15, -0.1) is 0 Å². The van der Waals surface area contributed by atoms with Crippen LogP contribution >= 0.6 is 0 Å². The summed E-state index contributed by atoms with van der Waals surface area (Å²) in [5, 5.41) is 3.24. The van der Waals surface area contributed by atoms with Crippen LogP contribution in [-0.4, -0.2) is 35.6 Å². The first kappa shape index (κ1) is 19.9. The van der Waals surface area contributed by atoms with Crippen LogP contribution in [0.3, 0.4) is 0 Å². The Balaban J connectivity index is 1.37. The fourth-order valence-corrected chi connectivity index (χ4v) is 4.84. The number of likely N-dealkylation sites (tertiary alicyclic amines) is 1. The molecule has 2 amide bonds. The van der Waals surface area contributed by atoms with E-state index >= 15 is 0 Å². The molecule has 2 fully saturated rings. The first-order chi connectivity index (χ1) is 15.2. The third-order valence-electron chi connectivity index (χ3n) is 6.54. The summed E-state index contributed by atoms with van der Waals surface area (Å²) in [4.78, 5) is 19.6. The van der Waals surface area contributed by atoms with Crippen LogP contribution in [0.15, 0.2) is 46.9 Å². The van der Waals surface area contributed by atoms with Gasteiger partial charge in [-0.2, -0.15) is 0 Å². The van der Waals surface area contributed by atoms with Crippen molar-refractivity contribution in [3.05, 3.63) is 48.4 Å². The molecule has 1 unspecified atom stereocenters. The monoisotopic (exact) mass is 419 g/mol. The zero-order valence-electron chi connectivity index (χ0n) is 18.0. The maximum absolute atomic E-state index is 12.9. The molecule has 1 N–H and O–H groups in total. The number of fused-ring (bicyclic) bond motifs is 1. The molecule has 2 heterocycles. The van der Waals surface area contributed by atoms with E-state index in [9.17, 15) is 4.79 Å². The largest absolute Gasteiger partial charge is 0.497 e. The van der Waals surface area contributed by atoms with Gasteiger partial charge in [-0.3, -0.25) is 0 Å². The molecule has 2 aliphatic rings. The summed E-state index contributed by atoms with van der Waals surface area (Å²) in [6.07, 6.45) is 7.70. The maximum atomic E-state index is 12.9. The van der Waals surface area contributed by atoms with E-state index in [0.717, 1.165) is 60.2 Å². The third-order valence-corrected chi connectivity index (χ3v) is 6.54. The molecule has 1 saturated carbocycles. The van der Waals surface area contributed by atoms with Crippen molar-refractivity contribution in [1.82, 2.24) is 15.2 Å². The zero-order valence-corrected chi connectivity index (χ0v) is 18.0. The van der Waals surface area contributed by atoms with Crippen molar-refractivity contribution < 1.29 is 13.9 Å². The molecule has 31 heavy (non-hydrogen) atoms. The van der Waals surface area contributed by atoms with Crippen LogP contribution in [0.1, 0.15) is 56.9 Å². The van der Waals surface area contributed by atoms with Gasteiger partial charge in [0.1, 0.15) is 17.3 Å². The Bertz CT molecular complexity index is 1070. The Morgan fingerprint density at radius 1 is 1.06 bits per heavy atom. The lowest BCUT2D eigenvalue weighted by molar-refractivity contribution is 0.178. The van der Waals surface area contributed by atoms with Crippen molar-refractivity contribution in [1.29, 1.82) is 0 Å². The minimum Gasteiger partial charge on any atom is -0.497 e. The van der Waals surface area contributed by atoms with E-state index in [4.69, 9.17) is 14.1 Å². The van der Waals surface area contributed by atoms with Crippen LogP contribution in [0.25, 0.3) is 22.2 Å². The molecule has 0 spiro atoms. The molecule has 1 saturated heterocycles. The van der Waals surface area contributed by atoms with Crippen LogP contribution in [0.5, 0.6) is 5.75 Å². The van der Waals surface area contributed by atoms with Crippen molar-refractivity contribution >= 4 is 17.1 Å². The number of rotatable bonds is 4. The second-order valence-corrected chi connectivity index (χ2v) is 8.60. The number of methoxy groups -OCH3 is 1. The lowest BCUT2D eigenvalue weighted by Crippen LogP contribution is -2.45. The molecule has 0 bridgehead atoms. The number of amides is 2. The van der Waals surface area contributed by atoms with E-state index in [1.165, 1.54) is 19.3 Å². The van der Waals surface area contributed by atoms with Crippen molar-refractivity contribution in [2.45, 2.75) is 57.0 Å². The van der Waals surface area contributed by atoms with Crippen molar-refractivity contribution in [3.8, 4) is 16.9 Å². The lowest BCUT2D eigenvalue weighted by Gasteiger charge is -2.28. The molecule has 1 atom stereocenters. The highest BCUT2D eigenvalue weighted by Gasteiger charge is 2.34. The molecular formula is C25H29N3O3. The number of ether oxygens (including phenoxy) is 1. The molecule has 1 aliphatic carbocycles. The number of carbonyl (C=O) groups is 1. The van der Waals surface area contributed by atoms with Crippen LogP contribution in [0.4, 0.5) is 4.79 Å². The Labute approximate surface area is 182 Å². The van der Waals surface area contributed by atoms with Crippen molar-refractivity contribution in [3.63, 3.8) is 0 Å². The molecule has 2 aromatic carbocycles. The van der Waals surface area contributed by atoms with E-state index < -0.39 is 0 Å². The highest BCUT2D eigenvalue weighted by atomic mass is 16.5. The number of hydrogen-bond acceptors (Lipinski definition) is 4. The normalized spacial score (nSPS) is 19.6. The van der Waals surface area contributed by atoms with Crippen LogP contribution in [-0.2, 0) is 0 Å². The summed E-state index contributed by atoms with van der Waals surface area (Å²) in [5.74, 6) is 1.46. The van der Waals surface area contributed by atoms with Gasteiger partial charge < -0.3 is 19.4 Å². The maximum Gasteiger partial charge on any atom is 0.318 e. The average molecular weight is 420 g/mol. The summed E-state index contributed by atoms with van der Waals surface area (Å²) in [6, 6.07) is 14.2. The van der Waals surface area contributed by atoms with E-state index in [0.29, 0.717) is 11.9 Å². The standard InChI is InChI=1S/C25H29N3O3/c1-30-20-10-5-7-17(15-20)18-12-13-23-21(16-18)27-24(31-23)22-11-6-14-28(22)25(29)26-19-8-3-2-4-9-19/h5,7,10,12-13,15-16,19,22H,2-4,6,8-9,11,14H2,1H3,(H,26,29). The van der Waals surface area contributed by atoms with Crippen LogP contribution < -0.4 is 10.1 Å². The number of benzene rings is 2. The quantitative estimate of drug-likeness (QED) is 0.590. The molecule has 1 aliphatic heterocycles. The average Bonchev–Trinajstić information content (AvgIpc) is 3.46. The fourth-order valence-electron chi connectivity index (χ4n) is 4.84. The second kappa shape index (κ2) is 8.61. The minimum absolute atomic E-state index is 0.0220. The summed E-state index contributed by atoms with van der Waals surface area (Å²) < 4.78 is 11.4. The number of carbonyl (C=O) groups excluding carboxylic acids is 1. The zero-order chi connectivity index (χ0) is 21.2. The summed E-state index contributed by atoms with van der Waals surface area (Å²) >= 11 is 0. The Morgan fingerprint density at radius 2 is 1.90 bits per heavy atom. The molecule has 162 valence electrons. The van der Waals surface area contributed by atoms with E-state index in [1.807, 2.05) is 41.3 Å². The van der Waals surface area contributed by atoms with Gasteiger partial charge in [0, 0.05) is 12.6 Å². The van der Waals surface area contributed by atoms with Gasteiger partial charge in [0.25, 0.3) is 0 Å². The van der Waals surface area contributed by atoms with Gasteiger partial charge in [0.15, 0.2) is 5.58 Å². The van der Waals surface area contributed by atoms with Gasteiger partial charge in [-0.1, -0.05) is 37.5 Å². The third kappa shape index (κ3) is 4.11. The van der Waals surface area contributed by atoms with Gasteiger partial charge in [0.05, 0.1) is 7.11 Å². The number of oxazole rings is 1. The molecule has 6 nitrogen and oxygen atoms in total. The Morgan fingerprint density at radius 3 is 2.74 bits per heavy atom. The molecular weight excluding hydrogens is 390 g/mol. The number of nitrogens with zero attached hydrogens (tertiary/aromatic N) is 2. The minimum atomic E-state index is -0.101. The van der Waals surface area contributed by atoms with E-state index in [2.05, 4.69) is 11.4 Å². The van der Waals surface area contributed by atoms with Gasteiger partial charge in [0.2, 0.25) is 5.89 Å². The highest BCUT2D eigenvalue weighted by molar-refractivity contribution is 5.81. The highest BCUT2D eigenvalue weighted by Crippen LogP contribution is 2.35. The van der Waals surface area contributed by atoms with Crippen molar-refractivity contribution in [2.24, 2.45) is 0 Å². The van der Waals surface area contributed by atoms with Crippen LogP contribution in [0, 0.1) is 0 Å². The predicted octanol–water partition coefficient (Wildman–Crippen LogP) is 5.68. The number of aromatic nitrogens is 1. The molecule has 0 radical (unpaired) electrons. The van der Waals surface area contributed by atoms with Crippen molar-refractivity contribution in [2.75, 3.05) is 13.7 Å². The Hall–Kier alpha value is -3.02. The number of urea groups is 1. The lowest BCUT2D eigenvalue weighted by atomic mass is 9.96. The predicted molar refractivity (Wildman–Crippen MR) is 120 cm³/mol. The topological polar surface area (TPSA) is 67.6 Å². The first-order valence-electron chi connectivity index (χ1n) is 11.3. The van der Waals surface area contributed by atoms with Gasteiger partial charge in [-0.05, 0) is 61.1 Å². The second-order valence-electron chi connectivity index (χ2n) is 8.60. The van der Waals surface area contributed by atoms with Gasteiger partial charge >= 0.3 is 6.03 Å². The molecule has 5 rings (SSSR count). The fraction of sp³-hybridized carbons (Fsp3) is 0.440. The molecule has 6 heteroatoms.